The molecule has 0 bridgehead atoms. The van der Waals surface area contributed by atoms with Crippen molar-refractivity contribution in [3.63, 3.8) is 0 Å². The smallest absolute Gasteiger partial charge is 0.335 e. The lowest BCUT2D eigenvalue weighted by Gasteiger charge is -2.32. The Bertz CT molecular complexity index is 1050. The lowest BCUT2D eigenvalue weighted by molar-refractivity contribution is -0.137. The number of hydrogen-bond donors (Lipinski definition) is 2. The van der Waals surface area contributed by atoms with Gasteiger partial charge in [0.05, 0.1) is 16.9 Å². The molecule has 33 heavy (non-hydrogen) atoms. The van der Waals surface area contributed by atoms with Crippen molar-refractivity contribution in [3.05, 3.63) is 72.3 Å². The molecule has 10 heteroatoms. The van der Waals surface area contributed by atoms with Crippen LogP contribution in [0.4, 0.5) is 23.7 Å². The molecule has 2 amide bonds. The van der Waals surface area contributed by atoms with Crippen LogP contribution in [0.25, 0.3) is 5.69 Å². The molecule has 174 valence electrons. The molecular weight excluding hydrogens is 433 g/mol. The minimum Gasteiger partial charge on any atom is -0.335 e. The van der Waals surface area contributed by atoms with E-state index in [-0.39, 0.29) is 11.7 Å². The van der Waals surface area contributed by atoms with Crippen molar-refractivity contribution in [2.24, 2.45) is 0 Å². The molecule has 2 aromatic heterocycles. The maximum absolute atomic E-state index is 13.2. The summed E-state index contributed by atoms with van der Waals surface area (Å²) in [6.07, 6.45) is 4.66. The van der Waals surface area contributed by atoms with Crippen molar-refractivity contribution in [3.8, 4) is 5.69 Å². The Balaban J connectivity index is 1.33. The summed E-state index contributed by atoms with van der Waals surface area (Å²) in [5.74, 6) is 0. The van der Waals surface area contributed by atoms with E-state index < -0.39 is 17.8 Å². The molecule has 1 saturated heterocycles. The number of carbonyl (C=O) groups excluding carboxylic acids is 1. The van der Waals surface area contributed by atoms with Crippen LogP contribution < -0.4 is 10.6 Å². The van der Waals surface area contributed by atoms with E-state index in [1.165, 1.54) is 22.5 Å². The zero-order valence-electron chi connectivity index (χ0n) is 17.9. The number of rotatable bonds is 6. The quantitative estimate of drug-likeness (QED) is 0.583. The SMILES string of the molecule is O=C(Nc1cc(C(F)(F)F)ccc1-n1cccn1)NC1CCN(CCc2ccncc2)CC1. The van der Waals surface area contributed by atoms with Crippen molar-refractivity contribution >= 4 is 11.7 Å². The molecule has 0 unspecified atom stereocenters. The summed E-state index contributed by atoms with van der Waals surface area (Å²) in [5, 5.41) is 9.55. The molecule has 4 rings (SSSR count). The summed E-state index contributed by atoms with van der Waals surface area (Å²) in [6.45, 7) is 2.62. The molecule has 1 aliphatic rings. The minimum absolute atomic E-state index is 0.0406. The molecule has 3 aromatic rings. The number of piperidine rings is 1. The van der Waals surface area contributed by atoms with E-state index in [0.717, 1.165) is 51.0 Å². The van der Waals surface area contributed by atoms with E-state index in [2.05, 4.69) is 25.6 Å². The Morgan fingerprint density at radius 3 is 2.52 bits per heavy atom. The van der Waals surface area contributed by atoms with E-state index in [4.69, 9.17) is 0 Å². The topological polar surface area (TPSA) is 75.1 Å². The zero-order valence-corrected chi connectivity index (χ0v) is 17.9. The van der Waals surface area contributed by atoms with E-state index in [0.29, 0.717) is 5.69 Å². The number of anilines is 1. The fourth-order valence-electron chi connectivity index (χ4n) is 3.90. The average molecular weight is 458 g/mol. The molecular formula is C23H25F3N6O. The molecule has 1 aromatic carbocycles. The van der Waals surface area contributed by atoms with Gasteiger partial charge in [0.25, 0.3) is 0 Å². The standard InChI is InChI=1S/C23H25F3N6O/c24-23(25,26)18-2-3-21(32-12-1-9-28-32)20(16-18)30-22(33)29-19-7-14-31(15-8-19)13-6-17-4-10-27-11-5-17/h1-5,9-12,16,19H,6-8,13-15H2,(H2,29,30,33). The van der Waals surface area contributed by atoms with Gasteiger partial charge in [-0.3, -0.25) is 4.98 Å². The number of nitrogens with zero attached hydrogens (tertiary/aromatic N) is 4. The Morgan fingerprint density at radius 2 is 1.85 bits per heavy atom. The van der Waals surface area contributed by atoms with E-state index in [1.54, 1.807) is 24.7 Å². The number of hydrogen-bond acceptors (Lipinski definition) is 4. The number of benzene rings is 1. The van der Waals surface area contributed by atoms with Crippen LogP contribution >= 0.6 is 0 Å². The number of aromatic nitrogens is 3. The predicted octanol–water partition coefficient (Wildman–Crippen LogP) is 4.11. The highest BCUT2D eigenvalue weighted by atomic mass is 19.4. The van der Waals surface area contributed by atoms with Crippen molar-refractivity contribution in [1.82, 2.24) is 25.0 Å². The molecule has 7 nitrogen and oxygen atoms in total. The van der Waals surface area contributed by atoms with E-state index in [1.807, 2.05) is 12.1 Å². The number of carbonyl (C=O) groups is 1. The number of amides is 2. The van der Waals surface area contributed by atoms with Crippen LogP contribution in [0.15, 0.2) is 61.2 Å². The lowest BCUT2D eigenvalue weighted by Crippen LogP contribution is -2.46. The summed E-state index contributed by atoms with van der Waals surface area (Å²) in [7, 11) is 0. The molecule has 0 aliphatic carbocycles. The number of nitrogens with one attached hydrogen (secondary N) is 2. The summed E-state index contributed by atoms with van der Waals surface area (Å²) in [5.41, 5.74) is 0.796. The van der Waals surface area contributed by atoms with E-state index >= 15 is 0 Å². The van der Waals surface area contributed by atoms with Crippen LogP contribution in [-0.2, 0) is 12.6 Å². The number of urea groups is 1. The maximum Gasteiger partial charge on any atom is 0.416 e. The van der Waals surface area contributed by atoms with Gasteiger partial charge in [-0.05, 0) is 61.2 Å². The van der Waals surface area contributed by atoms with E-state index in [9.17, 15) is 18.0 Å². The molecule has 0 atom stereocenters. The van der Waals surface area contributed by atoms with Gasteiger partial charge in [0.15, 0.2) is 0 Å². The molecule has 0 saturated carbocycles. The number of likely N-dealkylation sites (tertiary alicyclic amines) is 1. The lowest BCUT2D eigenvalue weighted by atomic mass is 10.0. The van der Waals surface area contributed by atoms with Gasteiger partial charge >= 0.3 is 12.2 Å². The Morgan fingerprint density at radius 1 is 1.09 bits per heavy atom. The third-order valence-electron chi connectivity index (χ3n) is 5.71. The van der Waals surface area contributed by atoms with Gasteiger partial charge in [0, 0.05) is 50.5 Å². The van der Waals surface area contributed by atoms with Gasteiger partial charge in [-0.1, -0.05) is 0 Å². The fraction of sp³-hybridized carbons (Fsp3) is 0.348. The molecule has 2 N–H and O–H groups in total. The zero-order chi connectivity index (χ0) is 23.3. The Hall–Kier alpha value is -3.40. The second-order valence-corrected chi connectivity index (χ2v) is 8.00. The van der Waals surface area contributed by atoms with Crippen molar-refractivity contribution in [1.29, 1.82) is 0 Å². The Labute approximate surface area is 189 Å². The Kier molecular flexibility index (Phi) is 6.93. The third kappa shape index (κ3) is 6.10. The average Bonchev–Trinajstić information content (AvgIpc) is 3.33. The second-order valence-electron chi connectivity index (χ2n) is 8.00. The highest BCUT2D eigenvalue weighted by Gasteiger charge is 2.31. The molecule has 1 aliphatic heterocycles. The largest absolute Gasteiger partial charge is 0.416 e. The summed E-state index contributed by atoms with van der Waals surface area (Å²) in [6, 6.07) is 8.30. The van der Waals surface area contributed by atoms with Gasteiger partial charge in [-0.15, -0.1) is 0 Å². The van der Waals surface area contributed by atoms with Gasteiger partial charge in [0.1, 0.15) is 0 Å². The van der Waals surface area contributed by atoms with Crippen LogP contribution in [0.1, 0.15) is 24.0 Å². The summed E-state index contributed by atoms with van der Waals surface area (Å²) in [4.78, 5) is 19.0. The van der Waals surface area contributed by atoms with Gasteiger partial charge in [0.2, 0.25) is 0 Å². The first kappa shape index (κ1) is 22.8. The normalized spacial score (nSPS) is 15.4. The van der Waals surface area contributed by atoms with Crippen molar-refractivity contribution < 1.29 is 18.0 Å². The summed E-state index contributed by atoms with van der Waals surface area (Å²) >= 11 is 0. The third-order valence-corrected chi connectivity index (χ3v) is 5.71. The first-order valence-corrected chi connectivity index (χ1v) is 10.8. The van der Waals surface area contributed by atoms with Crippen LogP contribution in [-0.4, -0.2) is 51.4 Å². The van der Waals surface area contributed by atoms with Gasteiger partial charge in [-0.2, -0.15) is 18.3 Å². The number of pyridine rings is 1. The second kappa shape index (κ2) is 10.0. The van der Waals surface area contributed by atoms with Crippen LogP contribution in [0.5, 0.6) is 0 Å². The fourth-order valence-corrected chi connectivity index (χ4v) is 3.90. The maximum atomic E-state index is 13.2. The monoisotopic (exact) mass is 458 g/mol. The summed E-state index contributed by atoms with van der Waals surface area (Å²) < 4.78 is 41.0. The van der Waals surface area contributed by atoms with Gasteiger partial charge in [-0.25, -0.2) is 9.48 Å². The minimum atomic E-state index is -4.52. The number of alkyl halides is 3. The van der Waals surface area contributed by atoms with Crippen molar-refractivity contribution in [2.75, 3.05) is 25.0 Å². The van der Waals surface area contributed by atoms with Crippen molar-refractivity contribution in [2.45, 2.75) is 31.5 Å². The molecule has 0 radical (unpaired) electrons. The number of halogens is 3. The highest BCUT2D eigenvalue weighted by molar-refractivity contribution is 5.92. The van der Waals surface area contributed by atoms with Crippen LogP contribution in [0.2, 0.25) is 0 Å². The first-order valence-electron chi connectivity index (χ1n) is 10.8. The van der Waals surface area contributed by atoms with Gasteiger partial charge < -0.3 is 15.5 Å². The van der Waals surface area contributed by atoms with Crippen LogP contribution in [0.3, 0.4) is 0 Å². The molecule has 0 spiro atoms. The predicted molar refractivity (Wildman–Crippen MR) is 118 cm³/mol. The highest BCUT2D eigenvalue weighted by Crippen LogP contribution is 2.33. The molecule has 3 heterocycles. The molecule has 1 fully saturated rings. The first-order chi connectivity index (χ1) is 15.9. The van der Waals surface area contributed by atoms with Crippen LogP contribution in [0, 0.1) is 0 Å².